The third-order valence-corrected chi connectivity index (χ3v) is 3.31. The van der Waals surface area contributed by atoms with Crippen LogP contribution in [0.2, 0.25) is 0 Å². The van der Waals surface area contributed by atoms with Gasteiger partial charge in [-0.1, -0.05) is 46.3 Å². The molecule has 1 unspecified atom stereocenters. The largest absolute Gasteiger partial charge is 0.345 e. The fourth-order valence-corrected chi connectivity index (χ4v) is 2.13. The molecule has 0 aromatic heterocycles. The van der Waals surface area contributed by atoms with Crippen molar-refractivity contribution in [3.8, 4) is 0 Å². The maximum absolute atomic E-state index is 13.6. The zero-order chi connectivity index (χ0) is 13.8. The van der Waals surface area contributed by atoms with Crippen molar-refractivity contribution in [3.63, 3.8) is 0 Å². The third kappa shape index (κ3) is 3.41. The van der Waals surface area contributed by atoms with Gasteiger partial charge in [-0.2, -0.15) is 0 Å². The molecule has 2 aromatic rings. The zero-order valence-corrected chi connectivity index (χ0v) is 11.9. The second-order valence-corrected chi connectivity index (χ2v) is 5.15. The molecule has 0 bridgehead atoms. The number of benzene rings is 2. The van der Waals surface area contributed by atoms with Crippen LogP contribution in [-0.2, 0) is 0 Å². The summed E-state index contributed by atoms with van der Waals surface area (Å²) >= 11 is 3.23. The van der Waals surface area contributed by atoms with E-state index in [4.69, 9.17) is 0 Å². The lowest BCUT2D eigenvalue weighted by molar-refractivity contribution is 0.0935. The lowest BCUT2D eigenvalue weighted by Crippen LogP contribution is -2.27. The van der Waals surface area contributed by atoms with E-state index < -0.39 is 11.7 Å². The third-order valence-electron chi connectivity index (χ3n) is 2.82. The zero-order valence-electron chi connectivity index (χ0n) is 10.4. The Bertz CT molecular complexity index is 586. The average Bonchev–Trinajstić information content (AvgIpc) is 2.42. The Hall–Kier alpha value is -1.68. The summed E-state index contributed by atoms with van der Waals surface area (Å²) in [4.78, 5) is 12.0. The van der Waals surface area contributed by atoms with Crippen molar-refractivity contribution in [2.45, 2.75) is 13.0 Å². The van der Waals surface area contributed by atoms with Gasteiger partial charge >= 0.3 is 0 Å². The predicted molar refractivity (Wildman–Crippen MR) is 76.4 cm³/mol. The number of hydrogen-bond acceptors (Lipinski definition) is 1. The molecule has 2 aromatic carbocycles. The Morgan fingerprint density at radius 1 is 1.21 bits per heavy atom. The summed E-state index contributed by atoms with van der Waals surface area (Å²) in [6.45, 7) is 1.86. The SMILES string of the molecule is CC(NC(=O)c1cc(Br)ccc1F)c1ccccc1. The van der Waals surface area contributed by atoms with Gasteiger partial charge in [-0.25, -0.2) is 4.39 Å². The molecule has 0 radical (unpaired) electrons. The fraction of sp³-hybridized carbons (Fsp3) is 0.133. The molecule has 98 valence electrons. The average molecular weight is 322 g/mol. The number of nitrogens with one attached hydrogen (secondary N) is 1. The molecule has 0 saturated heterocycles. The number of carbonyl (C=O) groups is 1. The molecule has 0 aliphatic carbocycles. The molecule has 0 saturated carbocycles. The van der Waals surface area contributed by atoms with Crippen molar-refractivity contribution in [1.82, 2.24) is 5.32 Å². The van der Waals surface area contributed by atoms with Crippen LogP contribution in [0, 0.1) is 5.82 Å². The number of hydrogen-bond donors (Lipinski definition) is 1. The smallest absolute Gasteiger partial charge is 0.254 e. The van der Waals surface area contributed by atoms with Crippen molar-refractivity contribution in [2.24, 2.45) is 0 Å². The molecule has 1 amide bonds. The Morgan fingerprint density at radius 3 is 2.58 bits per heavy atom. The Balaban J connectivity index is 2.15. The van der Waals surface area contributed by atoms with Gasteiger partial charge in [0.15, 0.2) is 0 Å². The van der Waals surface area contributed by atoms with Gasteiger partial charge in [0.1, 0.15) is 5.82 Å². The van der Waals surface area contributed by atoms with E-state index in [1.54, 1.807) is 6.07 Å². The first kappa shape index (κ1) is 13.7. The van der Waals surface area contributed by atoms with E-state index in [0.717, 1.165) is 5.56 Å². The molecule has 1 atom stereocenters. The molecule has 0 heterocycles. The number of amides is 1. The summed E-state index contributed by atoms with van der Waals surface area (Å²) in [5.41, 5.74) is 1.02. The van der Waals surface area contributed by atoms with Crippen LogP contribution in [0.5, 0.6) is 0 Å². The van der Waals surface area contributed by atoms with Crippen LogP contribution in [0.3, 0.4) is 0 Å². The van der Waals surface area contributed by atoms with Gasteiger partial charge in [-0.3, -0.25) is 4.79 Å². The van der Waals surface area contributed by atoms with Crippen molar-refractivity contribution >= 4 is 21.8 Å². The first-order valence-electron chi connectivity index (χ1n) is 5.89. The minimum Gasteiger partial charge on any atom is -0.345 e. The highest BCUT2D eigenvalue weighted by Crippen LogP contribution is 2.17. The maximum Gasteiger partial charge on any atom is 0.254 e. The minimum absolute atomic E-state index is 0.0390. The van der Waals surface area contributed by atoms with Crippen LogP contribution in [0.1, 0.15) is 28.9 Å². The van der Waals surface area contributed by atoms with E-state index in [9.17, 15) is 9.18 Å². The Kier molecular flexibility index (Phi) is 4.32. The van der Waals surface area contributed by atoms with E-state index in [-0.39, 0.29) is 11.6 Å². The molecule has 1 N–H and O–H groups in total. The van der Waals surface area contributed by atoms with E-state index in [0.29, 0.717) is 4.47 Å². The second-order valence-electron chi connectivity index (χ2n) is 4.23. The molecule has 4 heteroatoms. The Morgan fingerprint density at radius 2 is 1.89 bits per heavy atom. The normalized spacial score (nSPS) is 11.9. The lowest BCUT2D eigenvalue weighted by atomic mass is 10.1. The summed E-state index contributed by atoms with van der Waals surface area (Å²) in [6.07, 6.45) is 0. The molecular formula is C15H13BrFNO. The molecule has 0 aliphatic heterocycles. The number of carbonyl (C=O) groups excluding carboxylic acids is 1. The van der Waals surface area contributed by atoms with Crippen LogP contribution >= 0.6 is 15.9 Å². The van der Waals surface area contributed by atoms with Crippen molar-refractivity contribution in [2.75, 3.05) is 0 Å². The molecule has 2 nitrogen and oxygen atoms in total. The van der Waals surface area contributed by atoms with Gasteiger partial charge in [0.25, 0.3) is 5.91 Å². The summed E-state index contributed by atoms with van der Waals surface area (Å²) in [7, 11) is 0. The Labute approximate surface area is 119 Å². The monoisotopic (exact) mass is 321 g/mol. The molecule has 2 rings (SSSR count). The highest BCUT2D eigenvalue weighted by atomic mass is 79.9. The van der Waals surface area contributed by atoms with Crippen LogP contribution in [0.4, 0.5) is 4.39 Å². The topological polar surface area (TPSA) is 29.1 Å². The first-order valence-corrected chi connectivity index (χ1v) is 6.68. The second kappa shape index (κ2) is 5.97. The van der Waals surface area contributed by atoms with E-state index >= 15 is 0 Å². The highest BCUT2D eigenvalue weighted by Gasteiger charge is 2.15. The molecular weight excluding hydrogens is 309 g/mol. The van der Waals surface area contributed by atoms with Crippen LogP contribution in [0.25, 0.3) is 0 Å². The first-order chi connectivity index (χ1) is 9.08. The summed E-state index contributed by atoms with van der Waals surface area (Å²) in [5.74, 6) is -0.948. The van der Waals surface area contributed by atoms with Crippen LogP contribution in [-0.4, -0.2) is 5.91 Å². The summed E-state index contributed by atoms with van der Waals surface area (Å²) in [5, 5.41) is 2.78. The fourth-order valence-electron chi connectivity index (χ4n) is 1.77. The molecule has 0 aliphatic rings. The van der Waals surface area contributed by atoms with Gasteiger partial charge in [-0.05, 0) is 30.7 Å². The van der Waals surface area contributed by atoms with Crippen molar-refractivity contribution in [1.29, 1.82) is 0 Å². The van der Waals surface area contributed by atoms with E-state index in [1.165, 1.54) is 12.1 Å². The van der Waals surface area contributed by atoms with Gasteiger partial charge in [0.2, 0.25) is 0 Å². The predicted octanol–water partition coefficient (Wildman–Crippen LogP) is 4.08. The molecule has 0 fully saturated rings. The van der Waals surface area contributed by atoms with Crippen molar-refractivity contribution in [3.05, 3.63) is 69.9 Å². The molecule has 0 spiro atoms. The van der Waals surface area contributed by atoms with Crippen LogP contribution < -0.4 is 5.32 Å². The van der Waals surface area contributed by atoms with Gasteiger partial charge in [0.05, 0.1) is 11.6 Å². The standard InChI is InChI=1S/C15H13BrFNO/c1-10(11-5-3-2-4-6-11)18-15(19)13-9-12(16)7-8-14(13)17/h2-10H,1H3,(H,18,19). The minimum atomic E-state index is -0.527. The van der Waals surface area contributed by atoms with Crippen LogP contribution in [0.15, 0.2) is 53.0 Å². The van der Waals surface area contributed by atoms with Crippen molar-refractivity contribution < 1.29 is 9.18 Å². The quantitative estimate of drug-likeness (QED) is 0.906. The number of halogens is 2. The molecule has 19 heavy (non-hydrogen) atoms. The lowest BCUT2D eigenvalue weighted by Gasteiger charge is -2.14. The maximum atomic E-state index is 13.6. The van der Waals surface area contributed by atoms with Gasteiger partial charge < -0.3 is 5.32 Å². The van der Waals surface area contributed by atoms with E-state index in [1.807, 2.05) is 37.3 Å². The summed E-state index contributed by atoms with van der Waals surface area (Å²) in [6, 6.07) is 13.7. The van der Waals surface area contributed by atoms with E-state index in [2.05, 4.69) is 21.2 Å². The highest BCUT2D eigenvalue weighted by molar-refractivity contribution is 9.10. The summed E-state index contributed by atoms with van der Waals surface area (Å²) < 4.78 is 14.3. The number of rotatable bonds is 3. The van der Waals surface area contributed by atoms with Gasteiger partial charge in [0, 0.05) is 4.47 Å². The van der Waals surface area contributed by atoms with Gasteiger partial charge in [-0.15, -0.1) is 0 Å².